The molecule has 1 heterocycles. The van der Waals surface area contributed by atoms with E-state index in [-0.39, 0.29) is 5.91 Å². The van der Waals surface area contributed by atoms with Crippen molar-refractivity contribution in [3.8, 4) is 11.8 Å². The molecule has 100 valence electrons. The van der Waals surface area contributed by atoms with Crippen molar-refractivity contribution in [3.05, 3.63) is 35.4 Å². The quantitative estimate of drug-likeness (QED) is 0.774. The third-order valence-electron chi connectivity index (χ3n) is 3.23. The van der Waals surface area contributed by atoms with Gasteiger partial charge in [-0.3, -0.25) is 9.69 Å². The third-order valence-corrected chi connectivity index (χ3v) is 3.23. The highest BCUT2D eigenvalue weighted by molar-refractivity contribution is 5.78. The number of nitrogens with zero attached hydrogens (tertiary/aromatic N) is 2. The first kappa shape index (κ1) is 13.6. The van der Waals surface area contributed by atoms with Gasteiger partial charge in [-0.15, -0.1) is 0 Å². The average Bonchev–Trinajstić information content (AvgIpc) is 2.42. The Balaban J connectivity index is 1.94. The number of nitrogens with two attached hydrogens (primary N) is 1. The number of carbonyl (C=O) groups is 1. The lowest BCUT2D eigenvalue weighted by Gasteiger charge is -2.31. The van der Waals surface area contributed by atoms with Crippen LogP contribution in [0.4, 0.5) is 0 Å². The molecule has 1 aliphatic heterocycles. The molecule has 1 aromatic carbocycles. The van der Waals surface area contributed by atoms with Gasteiger partial charge in [0.1, 0.15) is 0 Å². The number of hydrogen-bond donors (Lipinski definition) is 1. The summed E-state index contributed by atoms with van der Waals surface area (Å²) in [5, 5.41) is 0. The molecule has 0 aromatic heterocycles. The van der Waals surface area contributed by atoms with Crippen LogP contribution < -0.4 is 5.73 Å². The van der Waals surface area contributed by atoms with E-state index in [2.05, 4.69) is 28.9 Å². The second kappa shape index (κ2) is 6.37. The highest BCUT2D eigenvalue weighted by Crippen LogP contribution is 2.09. The number of benzene rings is 1. The Kier molecular flexibility index (Phi) is 4.56. The van der Waals surface area contributed by atoms with E-state index >= 15 is 0 Å². The van der Waals surface area contributed by atoms with E-state index in [1.807, 2.05) is 19.2 Å². The molecular formula is C15H19N3O. The van der Waals surface area contributed by atoms with Gasteiger partial charge in [0.25, 0.3) is 0 Å². The Morgan fingerprint density at radius 1 is 1.26 bits per heavy atom. The van der Waals surface area contributed by atoms with E-state index < -0.39 is 0 Å². The van der Waals surface area contributed by atoms with Crippen LogP contribution in [-0.4, -0.2) is 48.9 Å². The van der Waals surface area contributed by atoms with Gasteiger partial charge in [-0.1, -0.05) is 24.0 Å². The molecule has 0 saturated carbocycles. The number of carbonyl (C=O) groups excluding carboxylic acids is 1. The molecule has 1 aliphatic rings. The summed E-state index contributed by atoms with van der Waals surface area (Å²) in [4.78, 5) is 15.6. The van der Waals surface area contributed by atoms with E-state index in [4.69, 9.17) is 5.73 Å². The van der Waals surface area contributed by atoms with Crippen LogP contribution in [0.2, 0.25) is 0 Å². The topological polar surface area (TPSA) is 49.6 Å². The minimum atomic E-state index is 0.191. The summed E-state index contributed by atoms with van der Waals surface area (Å²) in [6.07, 6.45) is 0. The summed E-state index contributed by atoms with van der Waals surface area (Å²) in [6, 6.07) is 8.11. The average molecular weight is 257 g/mol. The molecule has 4 nitrogen and oxygen atoms in total. The summed E-state index contributed by atoms with van der Waals surface area (Å²) >= 11 is 0. The van der Waals surface area contributed by atoms with Gasteiger partial charge in [0.15, 0.2) is 0 Å². The minimum absolute atomic E-state index is 0.191. The van der Waals surface area contributed by atoms with Crippen molar-refractivity contribution in [2.75, 3.05) is 33.2 Å². The second-order valence-corrected chi connectivity index (χ2v) is 4.73. The highest BCUT2D eigenvalue weighted by atomic mass is 16.2. The minimum Gasteiger partial charge on any atom is -0.343 e. The monoisotopic (exact) mass is 257 g/mol. The lowest BCUT2D eigenvalue weighted by molar-refractivity contribution is -0.134. The number of rotatable bonds is 2. The Labute approximate surface area is 114 Å². The zero-order chi connectivity index (χ0) is 13.7. The van der Waals surface area contributed by atoms with Gasteiger partial charge in [-0.2, -0.15) is 0 Å². The van der Waals surface area contributed by atoms with Crippen molar-refractivity contribution in [2.45, 2.75) is 6.54 Å². The maximum absolute atomic E-state index is 11.6. The molecule has 1 saturated heterocycles. The zero-order valence-corrected chi connectivity index (χ0v) is 11.2. The standard InChI is InChI=1S/C15H19N3O/c1-17-9-10-18(12-15(17)19)11-14-6-4-13(5-7-14)3-2-8-16/h4-7H,8-12,16H2,1H3. The van der Waals surface area contributed by atoms with Crippen LogP contribution in [0.5, 0.6) is 0 Å². The Morgan fingerprint density at radius 3 is 2.63 bits per heavy atom. The SMILES string of the molecule is CN1CCN(Cc2ccc(C#CCN)cc2)CC1=O. The zero-order valence-electron chi connectivity index (χ0n) is 11.2. The van der Waals surface area contributed by atoms with Gasteiger partial charge >= 0.3 is 0 Å². The predicted octanol–water partition coefficient (Wildman–Crippen LogP) is 0.271. The molecule has 0 atom stereocenters. The predicted molar refractivity (Wildman–Crippen MR) is 75.3 cm³/mol. The third kappa shape index (κ3) is 3.82. The van der Waals surface area contributed by atoms with Gasteiger partial charge < -0.3 is 10.6 Å². The van der Waals surface area contributed by atoms with E-state index in [1.165, 1.54) is 5.56 Å². The van der Waals surface area contributed by atoms with Crippen LogP contribution in [0.25, 0.3) is 0 Å². The molecule has 0 unspecified atom stereocenters. The Bertz CT molecular complexity index is 498. The van der Waals surface area contributed by atoms with Gasteiger partial charge in [-0.25, -0.2) is 0 Å². The van der Waals surface area contributed by atoms with Gasteiger partial charge in [-0.05, 0) is 17.7 Å². The molecule has 0 spiro atoms. The number of amides is 1. The molecule has 1 amide bonds. The number of likely N-dealkylation sites (N-methyl/N-ethyl adjacent to an activating group) is 1. The molecule has 0 aliphatic carbocycles. The van der Waals surface area contributed by atoms with Crippen molar-refractivity contribution < 1.29 is 4.79 Å². The van der Waals surface area contributed by atoms with Crippen LogP contribution in [0, 0.1) is 11.8 Å². The van der Waals surface area contributed by atoms with E-state index in [1.54, 1.807) is 4.90 Å². The van der Waals surface area contributed by atoms with E-state index in [9.17, 15) is 4.79 Å². The highest BCUT2D eigenvalue weighted by Gasteiger charge is 2.20. The summed E-state index contributed by atoms with van der Waals surface area (Å²) in [5.41, 5.74) is 7.52. The van der Waals surface area contributed by atoms with Crippen molar-refractivity contribution in [2.24, 2.45) is 5.73 Å². The molecule has 2 N–H and O–H groups in total. The summed E-state index contributed by atoms with van der Waals surface area (Å²) < 4.78 is 0. The summed E-state index contributed by atoms with van der Waals surface area (Å²) in [6.45, 7) is 3.43. The van der Waals surface area contributed by atoms with Crippen molar-refractivity contribution in [3.63, 3.8) is 0 Å². The van der Waals surface area contributed by atoms with Gasteiger partial charge in [0.05, 0.1) is 13.1 Å². The van der Waals surface area contributed by atoms with Crippen molar-refractivity contribution in [1.82, 2.24) is 9.80 Å². The largest absolute Gasteiger partial charge is 0.343 e. The van der Waals surface area contributed by atoms with Crippen LogP contribution in [0.3, 0.4) is 0 Å². The maximum Gasteiger partial charge on any atom is 0.236 e. The van der Waals surface area contributed by atoms with Crippen molar-refractivity contribution in [1.29, 1.82) is 0 Å². The van der Waals surface area contributed by atoms with Crippen LogP contribution in [0.15, 0.2) is 24.3 Å². The smallest absolute Gasteiger partial charge is 0.236 e. The van der Waals surface area contributed by atoms with Crippen LogP contribution in [0.1, 0.15) is 11.1 Å². The second-order valence-electron chi connectivity index (χ2n) is 4.73. The Hall–Kier alpha value is -1.83. The molecule has 0 bridgehead atoms. The number of hydrogen-bond acceptors (Lipinski definition) is 3. The molecule has 2 rings (SSSR count). The fraction of sp³-hybridized carbons (Fsp3) is 0.400. The van der Waals surface area contributed by atoms with Gasteiger partial charge in [0.2, 0.25) is 5.91 Å². The van der Waals surface area contributed by atoms with Crippen molar-refractivity contribution >= 4 is 5.91 Å². The van der Waals surface area contributed by atoms with Crippen LogP contribution >= 0.6 is 0 Å². The molecule has 1 aromatic rings. The molecular weight excluding hydrogens is 238 g/mol. The van der Waals surface area contributed by atoms with E-state index in [0.717, 1.165) is 25.2 Å². The lowest BCUT2D eigenvalue weighted by Crippen LogP contribution is -2.47. The first-order chi connectivity index (χ1) is 9.19. The fourth-order valence-corrected chi connectivity index (χ4v) is 2.05. The fourth-order valence-electron chi connectivity index (χ4n) is 2.05. The molecule has 0 radical (unpaired) electrons. The first-order valence-corrected chi connectivity index (χ1v) is 6.43. The number of piperazine rings is 1. The van der Waals surface area contributed by atoms with Crippen LogP contribution in [-0.2, 0) is 11.3 Å². The molecule has 4 heteroatoms. The molecule has 19 heavy (non-hydrogen) atoms. The first-order valence-electron chi connectivity index (χ1n) is 6.43. The van der Waals surface area contributed by atoms with Gasteiger partial charge in [0, 0.05) is 32.2 Å². The van der Waals surface area contributed by atoms with E-state index in [0.29, 0.717) is 13.1 Å². The summed E-state index contributed by atoms with van der Waals surface area (Å²) in [7, 11) is 1.85. The Morgan fingerprint density at radius 2 is 2.00 bits per heavy atom. The molecule has 1 fully saturated rings. The maximum atomic E-state index is 11.6. The normalized spacial score (nSPS) is 16.1. The lowest BCUT2D eigenvalue weighted by atomic mass is 10.1. The summed E-state index contributed by atoms with van der Waals surface area (Å²) in [5.74, 6) is 6.02.